The van der Waals surface area contributed by atoms with Crippen molar-refractivity contribution in [3.8, 4) is 0 Å². The van der Waals surface area contributed by atoms with Crippen LogP contribution in [0.15, 0.2) is 36.0 Å². The van der Waals surface area contributed by atoms with Gasteiger partial charge in [0, 0.05) is 31.2 Å². The van der Waals surface area contributed by atoms with Gasteiger partial charge in [-0.1, -0.05) is 52.3 Å². The van der Waals surface area contributed by atoms with Gasteiger partial charge in [0.1, 0.15) is 0 Å². The molecular formula is C42H66N2O3. The molecule has 2 saturated heterocycles. The Balaban J connectivity index is 0.00000113. The highest BCUT2D eigenvalue weighted by atomic mass is 16.5. The summed E-state index contributed by atoms with van der Waals surface area (Å²) in [7, 11) is 0. The molecule has 6 fully saturated rings. The van der Waals surface area contributed by atoms with E-state index >= 15 is 0 Å². The summed E-state index contributed by atoms with van der Waals surface area (Å²) in [4.78, 5) is 14.3. The van der Waals surface area contributed by atoms with Crippen LogP contribution < -0.4 is 5.32 Å². The maximum absolute atomic E-state index is 11.6. The van der Waals surface area contributed by atoms with Crippen molar-refractivity contribution >= 4 is 5.97 Å². The number of carboxylic acid groups (broad SMARTS) is 1. The standard InChI is InChI=1S/C39H60N2O3.C3H6/c1-25-30(26-7-9-27(10-8-26)35(42)43)13-16-36(2)31(25)14-17-38(4)34(36)12-11-32-33-6-5-15-39(33,19-18-37(32,38)3)40-20-21-41-23-29-22-28(41)24-44-29;1-3-2/h7,13,25,27-29,31-34,40H,5-6,8-12,14-24H2,1-4H3,(H,42,43);3H,1H2,2H3/t25?,27?,28?,29?,31?,32?,33-,34?,36?,37-,38?,39?;/m1./s1. The molecule has 5 nitrogen and oxygen atoms in total. The second kappa shape index (κ2) is 12.7. The second-order valence-corrected chi connectivity index (χ2v) is 18.2. The van der Waals surface area contributed by atoms with E-state index in [0.717, 1.165) is 56.2 Å². The van der Waals surface area contributed by atoms with Gasteiger partial charge in [0.15, 0.2) is 0 Å². The molecule has 2 heterocycles. The van der Waals surface area contributed by atoms with Gasteiger partial charge < -0.3 is 15.2 Å². The third-order valence-electron chi connectivity index (χ3n) is 16.6. The van der Waals surface area contributed by atoms with E-state index in [2.05, 4.69) is 56.6 Å². The predicted octanol–water partition coefficient (Wildman–Crippen LogP) is 8.81. The average Bonchev–Trinajstić information content (AvgIpc) is 3.79. The number of ether oxygens (including phenoxy) is 1. The monoisotopic (exact) mass is 647 g/mol. The van der Waals surface area contributed by atoms with Crippen LogP contribution in [0.1, 0.15) is 125 Å². The Hall–Kier alpha value is -1.43. The van der Waals surface area contributed by atoms with E-state index in [1.54, 1.807) is 11.6 Å². The van der Waals surface area contributed by atoms with Crippen LogP contribution in [-0.4, -0.2) is 59.9 Å². The zero-order valence-corrected chi connectivity index (χ0v) is 30.5. The van der Waals surface area contributed by atoms with Crippen molar-refractivity contribution in [3.05, 3.63) is 36.0 Å². The minimum atomic E-state index is -0.619. The molecule has 0 spiro atoms. The van der Waals surface area contributed by atoms with Crippen LogP contribution in [0.3, 0.4) is 0 Å². The highest BCUT2D eigenvalue weighted by Crippen LogP contribution is 2.75. The van der Waals surface area contributed by atoms with E-state index < -0.39 is 5.97 Å². The van der Waals surface area contributed by atoms with Crippen molar-refractivity contribution in [1.82, 2.24) is 10.2 Å². The quantitative estimate of drug-likeness (QED) is 0.283. The van der Waals surface area contributed by atoms with Gasteiger partial charge in [-0.05, 0) is 147 Å². The van der Waals surface area contributed by atoms with Gasteiger partial charge >= 0.3 is 5.97 Å². The van der Waals surface area contributed by atoms with Crippen LogP contribution in [0.4, 0.5) is 0 Å². The van der Waals surface area contributed by atoms with Gasteiger partial charge in [-0.15, -0.1) is 6.58 Å². The molecule has 2 N–H and O–H groups in total. The Morgan fingerprint density at radius 1 is 1.04 bits per heavy atom. The number of carboxylic acids is 1. The molecule has 6 aliphatic carbocycles. The molecule has 8 aliphatic rings. The van der Waals surface area contributed by atoms with Crippen molar-refractivity contribution in [1.29, 1.82) is 0 Å². The van der Waals surface area contributed by atoms with Crippen LogP contribution in [0.2, 0.25) is 0 Å². The smallest absolute Gasteiger partial charge is 0.306 e. The summed E-state index contributed by atoms with van der Waals surface area (Å²) in [6.07, 6.45) is 24.8. The number of allylic oxidation sites excluding steroid dienone is 5. The molecule has 0 aromatic rings. The van der Waals surface area contributed by atoms with Crippen LogP contribution in [0, 0.1) is 51.8 Å². The molecule has 0 aromatic carbocycles. The van der Waals surface area contributed by atoms with Gasteiger partial charge in [0.25, 0.3) is 0 Å². The van der Waals surface area contributed by atoms with Gasteiger partial charge in [-0.3, -0.25) is 9.69 Å². The summed E-state index contributed by atoms with van der Waals surface area (Å²) in [5, 5.41) is 13.8. The Kier molecular flexibility index (Phi) is 9.21. The summed E-state index contributed by atoms with van der Waals surface area (Å²) in [5.41, 5.74) is 4.69. The van der Waals surface area contributed by atoms with E-state index in [0.29, 0.717) is 46.3 Å². The van der Waals surface area contributed by atoms with Crippen molar-refractivity contribution < 1.29 is 14.6 Å². The van der Waals surface area contributed by atoms with Crippen LogP contribution in [-0.2, 0) is 9.53 Å². The Morgan fingerprint density at radius 3 is 2.53 bits per heavy atom. The molecule has 2 bridgehead atoms. The van der Waals surface area contributed by atoms with Crippen molar-refractivity contribution in [2.24, 2.45) is 51.8 Å². The van der Waals surface area contributed by atoms with E-state index in [1.807, 2.05) is 6.92 Å². The molecule has 12 atom stereocenters. The molecule has 2 aliphatic heterocycles. The number of morpholine rings is 1. The summed E-state index contributed by atoms with van der Waals surface area (Å²) >= 11 is 0. The zero-order chi connectivity index (χ0) is 33.2. The third kappa shape index (κ3) is 5.38. The minimum absolute atomic E-state index is 0.186. The third-order valence-corrected chi connectivity index (χ3v) is 16.6. The van der Waals surface area contributed by atoms with Gasteiger partial charge in [0.2, 0.25) is 0 Å². The Labute approximate surface area is 286 Å². The molecule has 47 heavy (non-hydrogen) atoms. The average molecular weight is 647 g/mol. The first-order valence-corrected chi connectivity index (χ1v) is 19.8. The first kappa shape index (κ1) is 34.0. The fourth-order valence-corrected chi connectivity index (χ4v) is 14.1. The highest BCUT2D eigenvalue weighted by Gasteiger charge is 2.68. The number of carbonyl (C=O) groups is 1. The number of nitrogens with zero attached hydrogens (tertiary/aromatic N) is 1. The van der Waals surface area contributed by atoms with E-state index in [1.165, 1.54) is 82.7 Å². The van der Waals surface area contributed by atoms with Crippen LogP contribution >= 0.6 is 0 Å². The normalized spacial score (nSPS) is 48.5. The Bertz CT molecular complexity index is 1270. The van der Waals surface area contributed by atoms with Gasteiger partial charge in [-0.2, -0.15) is 0 Å². The highest BCUT2D eigenvalue weighted by molar-refractivity contribution is 5.70. The fraction of sp³-hybridized carbons (Fsp3) is 0.833. The lowest BCUT2D eigenvalue weighted by atomic mass is 9.34. The molecule has 0 radical (unpaired) electrons. The molecule has 262 valence electrons. The molecule has 0 aromatic heterocycles. The second-order valence-electron chi connectivity index (χ2n) is 18.2. The SMILES string of the molecule is C=CC.CC1C(C2=CCC(C(=O)O)CC2)=CCC2(C)C1CCC1(C)C2CCC2[C@H]3CCCC3(NCCN3CC4CC3CO4)CC[C@]21C. The molecule has 10 unspecified atom stereocenters. The van der Waals surface area contributed by atoms with Crippen molar-refractivity contribution in [2.75, 3.05) is 26.2 Å². The first-order valence-electron chi connectivity index (χ1n) is 19.8. The van der Waals surface area contributed by atoms with E-state index in [-0.39, 0.29) is 5.92 Å². The van der Waals surface area contributed by atoms with Gasteiger partial charge in [0.05, 0.1) is 18.6 Å². The fourth-order valence-electron chi connectivity index (χ4n) is 14.1. The topological polar surface area (TPSA) is 61.8 Å². The molecule has 4 saturated carbocycles. The molecular weight excluding hydrogens is 580 g/mol. The number of hydrogen-bond donors (Lipinski definition) is 2. The minimum Gasteiger partial charge on any atom is -0.481 e. The Morgan fingerprint density at radius 2 is 1.85 bits per heavy atom. The summed E-state index contributed by atoms with van der Waals surface area (Å²) in [6.45, 7) is 20.5. The summed E-state index contributed by atoms with van der Waals surface area (Å²) < 4.78 is 5.87. The molecule has 5 heteroatoms. The van der Waals surface area contributed by atoms with Crippen molar-refractivity contribution in [3.63, 3.8) is 0 Å². The molecule has 0 amide bonds. The number of hydrogen-bond acceptors (Lipinski definition) is 4. The maximum Gasteiger partial charge on any atom is 0.306 e. The zero-order valence-electron chi connectivity index (χ0n) is 30.5. The lowest BCUT2D eigenvalue weighted by molar-refractivity contribution is -0.212. The van der Waals surface area contributed by atoms with Crippen LogP contribution in [0.25, 0.3) is 0 Å². The van der Waals surface area contributed by atoms with E-state index in [9.17, 15) is 9.90 Å². The van der Waals surface area contributed by atoms with Crippen LogP contribution in [0.5, 0.6) is 0 Å². The number of rotatable bonds is 6. The predicted molar refractivity (Wildman–Crippen MR) is 191 cm³/mol. The number of aliphatic carboxylic acids is 1. The largest absolute Gasteiger partial charge is 0.481 e. The van der Waals surface area contributed by atoms with Gasteiger partial charge in [-0.25, -0.2) is 0 Å². The lowest BCUT2D eigenvalue weighted by Crippen LogP contribution is -2.67. The number of likely N-dealkylation sites (tertiary alicyclic amines) is 1. The summed E-state index contributed by atoms with van der Waals surface area (Å²) in [5.74, 6) is 3.06. The lowest BCUT2D eigenvalue weighted by Gasteiger charge is -2.71. The number of nitrogens with one attached hydrogen (secondary N) is 1. The molecule has 8 rings (SSSR count). The maximum atomic E-state index is 11.6. The summed E-state index contributed by atoms with van der Waals surface area (Å²) in [6, 6.07) is 0.678. The van der Waals surface area contributed by atoms with E-state index in [4.69, 9.17) is 4.74 Å². The first-order chi connectivity index (χ1) is 22.5. The number of fused-ring (bicyclic) bond motifs is 9. The van der Waals surface area contributed by atoms with Crippen molar-refractivity contribution in [2.45, 2.75) is 142 Å².